The van der Waals surface area contributed by atoms with Crippen molar-refractivity contribution in [2.75, 3.05) is 6.61 Å². The van der Waals surface area contributed by atoms with Crippen molar-refractivity contribution in [1.82, 2.24) is 0 Å². The molecule has 2 atom stereocenters. The molecule has 0 heterocycles. The Hall–Kier alpha value is -2.73. The van der Waals surface area contributed by atoms with Gasteiger partial charge in [0.1, 0.15) is 4.75 Å². The molecule has 3 nitrogen and oxygen atoms in total. The van der Waals surface area contributed by atoms with Gasteiger partial charge in [-0.3, -0.25) is 0 Å². The molecule has 0 radical (unpaired) electrons. The normalized spacial score (nSPS) is 21.4. The van der Waals surface area contributed by atoms with Gasteiger partial charge in [0.25, 0.3) is 8.32 Å². The van der Waals surface area contributed by atoms with Crippen LogP contribution in [-0.2, 0) is 14.3 Å². The van der Waals surface area contributed by atoms with E-state index in [0.717, 1.165) is 18.4 Å². The number of allylic oxidation sites excluding steroid dienone is 3. The largest absolute Gasteiger partial charge is 0.407 e. The highest BCUT2D eigenvalue weighted by Gasteiger charge is 2.52. The zero-order valence-corrected chi connectivity index (χ0v) is 25.2. The Labute approximate surface area is 235 Å². The first kappa shape index (κ1) is 27.8. The molecule has 204 valence electrons. The van der Waals surface area contributed by atoms with Crippen molar-refractivity contribution in [3.63, 3.8) is 0 Å². The first-order chi connectivity index (χ1) is 18.7. The molecule has 0 fully saturated rings. The van der Waals surface area contributed by atoms with E-state index in [2.05, 4.69) is 99.7 Å². The molecule has 2 aliphatic carbocycles. The number of hydrogen-bond acceptors (Lipinski definition) is 3. The standard InChI is InChI=1S/C34H40O3SSi/c1-33(2,3)39(30-20-9-5-10-21-30,31-22-11-6-12-23-31)37-27-15-26-34(25-14-17-28-16-13-24-32(28)34)38(35,36)29-18-7-4-8-19-29/h4-12,14,17-24,28H,13,15-16,25-27H2,1-3H3/t28-,34-/m1/s1. The fraction of sp³-hybridized carbons (Fsp3) is 0.353. The van der Waals surface area contributed by atoms with Crippen molar-refractivity contribution in [3.05, 3.63) is 115 Å². The SMILES string of the molecule is CC(C)(C)[Si](OCCC[C@]1(S(=O)(=O)c2ccccc2)CC=C[C@H]2CCC=C21)(c1ccccc1)c1ccccc1. The van der Waals surface area contributed by atoms with Gasteiger partial charge in [-0.05, 0) is 71.1 Å². The lowest BCUT2D eigenvalue weighted by Gasteiger charge is -2.43. The van der Waals surface area contributed by atoms with Crippen molar-refractivity contribution >= 4 is 28.5 Å². The summed E-state index contributed by atoms with van der Waals surface area (Å²) in [4.78, 5) is 0.416. The van der Waals surface area contributed by atoms with Crippen LogP contribution in [0.5, 0.6) is 0 Å². The Morgan fingerprint density at radius 3 is 2.00 bits per heavy atom. The lowest BCUT2D eigenvalue weighted by atomic mass is 9.79. The van der Waals surface area contributed by atoms with E-state index in [0.29, 0.717) is 30.8 Å². The van der Waals surface area contributed by atoms with E-state index < -0.39 is 22.9 Å². The van der Waals surface area contributed by atoms with Gasteiger partial charge in [-0.25, -0.2) is 8.42 Å². The van der Waals surface area contributed by atoms with Crippen LogP contribution in [0.2, 0.25) is 5.04 Å². The first-order valence-corrected chi connectivity index (χ1v) is 17.5. The summed E-state index contributed by atoms with van der Waals surface area (Å²) in [5.41, 5.74) is 1.10. The van der Waals surface area contributed by atoms with Crippen molar-refractivity contribution < 1.29 is 12.8 Å². The lowest BCUT2D eigenvalue weighted by molar-refractivity contribution is 0.280. The second-order valence-electron chi connectivity index (χ2n) is 11.9. The van der Waals surface area contributed by atoms with E-state index in [-0.39, 0.29) is 11.0 Å². The molecule has 39 heavy (non-hydrogen) atoms. The Kier molecular flexibility index (Phi) is 7.87. The summed E-state index contributed by atoms with van der Waals surface area (Å²) in [7, 11) is -6.26. The number of hydrogen-bond donors (Lipinski definition) is 0. The van der Waals surface area contributed by atoms with Crippen LogP contribution >= 0.6 is 0 Å². The van der Waals surface area contributed by atoms with Crippen LogP contribution in [0.3, 0.4) is 0 Å². The van der Waals surface area contributed by atoms with Gasteiger partial charge in [-0.15, -0.1) is 0 Å². The monoisotopic (exact) mass is 556 g/mol. The molecule has 5 rings (SSSR count). The Morgan fingerprint density at radius 2 is 1.44 bits per heavy atom. The number of rotatable bonds is 9. The van der Waals surface area contributed by atoms with Crippen LogP contribution in [0.15, 0.2) is 120 Å². The molecule has 0 aliphatic heterocycles. The highest BCUT2D eigenvalue weighted by atomic mass is 32.2. The maximum absolute atomic E-state index is 14.3. The van der Waals surface area contributed by atoms with Crippen molar-refractivity contribution in [2.45, 2.75) is 67.6 Å². The maximum atomic E-state index is 14.3. The van der Waals surface area contributed by atoms with Crippen molar-refractivity contribution in [3.8, 4) is 0 Å². The van der Waals surface area contributed by atoms with Gasteiger partial charge in [-0.1, -0.05) is 118 Å². The summed E-state index contributed by atoms with van der Waals surface area (Å²) >= 11 is 0. The third kappa shape index (κ3) is 4.90. The Bertz CT molecular complexity index is 1380. The van der Waals surface area contributed by atoms with Crippen LogP contribution in [0.25, 0.3) is 0 Å². The molecule has 0 aromatic heterocycles. The molecular formula is C34H40O3SSi. The van der Waals surface area contributed by atoms with Gasteiger partial charge in [0.05, 0.1) is 4.90 Å². The van der Waals surface area contributed by atoms with Crippen LogP contribution in [0.4, 0.5) is 0 Å². The first-order valence-electron chi connectivity index (χ1n) is 14.1. The van der Waals surface area contributed by atoms with Gasteiger partial charge < -0.3 is 4.43 Å². The van der Waals surface area contributed by atoms with E-state index >= 15 is 0 Å². The summed E-state index contributed by atoms with van der Waals surface area (Å²) in [6.07, 6.45) is 10.2. The number of fused-ring (bicyclic) bond motifs is 1. The van der Waals surface area contributed by atoms with Crippen molar-refractivity contribution in [1.29, 1.82) is 0 Å². The quantitative estimate of drug-likeness (QED) is 0.164. The van der Waals surface area contributed by atoms with E-state index in [9.17, 15) is 8.42 Å². The maximum Gasteiger partial charge on any atom is 0.261 e. The zero-order valence-electron chi connectivity index (χ0n) is 23.3. The van der Waals surface area contributed by atoms with Crippen molar-refractivity contribution in [2.24, 2.45) is 5.92 Å². The van der Waals surface area contributed by atoms with E-state index in [4.69, 9.17) is 4.43 Å². The van der Waals surface area contributed by atoms with Crippen LogP contribution in [-0.4, -0.2) is 28.1 Å². The highest BCUT2D eigenvalue weighted by Crippen LogP contribution is 2.49. The smallest absolute Gasteiger partial charge is 0.261 e. The third-order valence-corrected chi connectivity index (χ3v) is 16.2. The summed E-state index contributed by atoms with van der Waals surface area (Å²) in [6, 6.07) is 30.3. The molecule has 3 aromatic rings. The van der Waals surface area contributed by atoms with Crippen LogP contribution < -0.4 is 10.4 Å². The molecule has 5 heteroatoms. The average Bonchev–Trinajstić information content (AvgIpc) is 3.44. The zero-order chi connectivity index (χ0) is 27.6. The van der Waals surface area contributed by atoms with E-state index in [1.54, 1.807) is 12.1 Å². The minimum absolute atomic E-state index is 0.115. The van der Waals surface area contributed by atoms with Crippen LogP contribution in [0.1, 0.15) is 52.9 Å². The summed E-state index contributed by atoms with van der Waals surface area (Å²) in [5, 5.41) is 2.37. The molecule has 0 spiro atoms. The van der Waals surface area contributed by atoms with Gasteiger partial charge in [-0.2, -0.15) is 0 Å². The minimum atomic E-state index is -3.59. The fourth-order valence-corrected chi connectivity index (χ4v) is 13.7. The van der Waals surface area contributed by atoms with E-state index in [1.807, 2.05) is 18.2 Å². The van der Waals surface area contributed by atoms with E-state index in [1.165, 1.54) is 10.4 Å². The molecule has 3 aromatic carbocycles. The fourth-order valence-electron chi connectivity index (χ4n) is 6.81. The molecular weight excluding hydrogens is 517 g/mol. The van der Waals surface area contributed by atoms with Crippen LogP contribution in [0, 0.1) is 5.92 Å². The van der Waals surface area contributed by atoms with Gasteiger partial charge in [0.15, 0.2) is 9.84 Å². The Balaban J connectivity index is 1.49. The number of sulfone groups is 1. The Morgan fingerprint density at radius 1 is 0.872 bits per heavy atom. The molecule has 0 unspecified atom stereocenters. The predicted molar refractivity (Wildman–Crippen MR) is 164 cm³/mol. The van der Waals surface area contributed by atoms with Gasteiger partial charge in [0, 0.05) is 6.61 Å². The summed E-state index contributed by atoms with van der Waals surface area (Å²) in [5.74, 6) is 0.217. The highest BCUT2D eigenvalue weighted by molar-refractivity contribution is 7.93. The minimum Gasteiger partial charge on any atom is -0.407 e. The second-order valence-corrected chi connectivity index (χ2v) is 18.5. The molecule has 0 saturated carbocycles. The second kappa shape index (κ2) is 11.0. The molecule has 0 N–H and O–H groups in total. The molecule has 0 amide bonds. The topological polar surface area (TPSA) is 43.4 Å². The average molecular weight is 557 g/mol. The summed E-state index contributed by atoms with van der Waals surface area (Å²) < 4.78 is 34.9. The lowest BCUT2D eigenvalue weighted by Crippen LogP contribution is -2.66. The van der Waals surface area contributed by atoms with Gasteiger partial charge >= 0.3 is 0 Å². The predicted octanol–water partition coefficient (Wildman–Crippen LogP) is 6.85. The number of benzene rings is 3. The molecule has 2 aliphatic rings. The third-order valence-electron chi connectivity index (χ3n) is 8.61. The van der Waals surface area contributed by atoms with Gasteiger partial charge in [0.2, 0.25) is 0 Å². The summed E-state index contributed by atoms with van der Waals surface area (Å²) in [6.45, 7) is 7.35. The molecule has 0 saturated heterocycles. The molecule has 0 bridgehead atoms.